The van der Waals surface area contributed by atoms with Gasteiger partial charge in [-0.15, -0.1) is 11.8 Å². The second-order valence-corrected chi connectivity index (χ2v) is 7.98. The van der Waals surface area contributed by atoms with Crippen molar-refractivity contribution in [3.8, 4) is 11.5 Å². The minimum atomic E-state index is -0.351. The zero-order valence-corrected chi connectivity index (χ0v) is 15.9. The van der Waals surface area contributed by atoms with Gasteiger partial charge >= 0.3 is 5.97 Å². The molecule has 1 fully saturated rings. The molecule has 2 aromatic rings. The van der Waals surface area contributed by atoms with Gasteiger partial charge in [-0.25, -0.2) is 0 Å². The predicted octanol–water partition coefficient (Wildman–Crippen LogP) is 3.43. The maximum atomic E-state index is 13.4. The molecule has 0 unspecified atom stereocenters. The summed E-state index contributed by atoms with van der Waals surface area (Å²) in [4.78, 5) is 26.7. The Morgan fingerprint density at radius 3 is 2.37 bits per heavy atom. The lowest BCUT2D eigenvalue weighted by Gasteiger charge is -2.30. The standard InChI is InChI=1S/C21H21NO4S/c1-25-19(23)13-27-14-10-11-22(12-14)21(24)20-15-6-2-4-8-17(15)26-18-9-5-3-7-16(18)20/h2-9,14,20H,10-13H2,1H3/t14-/m0/s1. The predicted molar refractivity (Wildman–Crippen MR) is 104 cm³/mol. The van der Waals surface area contributed by atoms with Crippen molar-refractivity contribution in [2.75, 3.05) is 26.0 Å². The lowest BCUT2D eigenvalue weighted by molar-refractivity contribution is -0.137. The van der Waals surface area contributed by atoms with Crippen LogP contribution >= 0.6 is 11.8 Å². The summed E-state index contributed by atoms with van der Waals surface area (Å²) in [6.45, 7) is 1.36. The van der Waals surface area contributed by atoms with E-state index in [1.54, 1.807) is 11.8 Å². The minimum absolute atomic E-state index is 0.0966. The van der Waals surface area contributed by atoms with Crippen molar-refractivity contribution in [2.45, 2.75) is 17.6 Å². The van der Waals surface area contributed by atoms with Crippen LogP contribution < -0.4 is 4.74 Å². The first-order valence-corrected chi connectivity index (χ1v) is 10.0. The number of hydrogen-bond donors (Lipinski definition) is 0. The number of esters is 1. The molecule has 0 aliphatic carbocycles. The van der Waals surface area contributed by atoms with Gasteiger partial charge < -0.3 is 14.4 Å². The number of likely N-dealkylation sites (tertiary alicyclic amines) is 1. The number of carbonyl (C=O) groups excluding carboxylic acids is 2. The Bertz CT molecular complexity index is 823. The fraction of sp³-hybridized carbons (Fsp3) is 0.333. The molecule has 0 radical (unpaired) electrons. The van der Waals surface area contributed by atoms with Crippen LogP contribution in [0.3, 0.4) is 0 Å². The largest absolute Gasteiger partial charge is 0.468 e. The smallest absolute Gasteiger partial charge is 0.315 e. The topological polar surface area (TPSA) is 55.8 Å². The van der Waals surface area contributed by atoms with Crippen LogP contribution in [0.15, 0.2) is 48.5 Å². The number of hydrogen-bond acceptors (Lipinski definition) is 5. The van der Waals surface area contributed by atoms with Crippen LogP contribution in [0.4, 0.5) is 0 Å². The van der Waals surface area contributed by atoms with Gasteiger partial charge in [0, 0.05) is 29.5 Å². The number of methoxy groups -OCH3 is 1. The molecule has 1 atom stereocenters. The number of nitrogens with zero attached hydrogens (tertiary/aromatic N) is 1. The van der Waals surface area contributed by atoms with E-state index in [2.05, 4.69) is 0 Å². The molecule has 0 aromatic heterocycles. The molecule has 6 heteroatoms. The molecular formula is C21H21NO4S. The Labute approximate surface area is 162 Å². The van der Waals surface area contributed by atoms with Crippen LogP contribution in [0.1, 0.15) is 23.5 Å². The molecule has 4 rings (SSSR count). The monoisotopic (exact) mass is 383 g/mol. The van der Waals surface area contributed by atoms with Gasteiger partial charge in [0.05, 0.1) is 18.8 Å². The summed E-state index contributed by atoms with van der Waals surface area (Å²) in [5.41, 5.74) is 1.82. The fourth-order valence-corrected chi connectivity index (χ4v) is 4.71. The van der Waals surface area contributed by atoms with E-state index in [-0.39, 0.29) is 23.0 Å². The average Bonchev–Trinajstić information content (AvgIpc) is 3.18. The van der Waals surface area contributed by atoms with Crippen LogP contribution in [-0.4, -0.2) is 48.0 Å². The van der Waals surface area contributed by atoms with Gasteiger partial charge in [-0.2, -0.15) is 0 Å². The second-order valence-electron chi connectivity index (χ2n) is 6.69. The second kappa shape index (κ2) is 7.64. The first-order chi connectivity index (χ1) is 13.2. The van der Waals surface area contributed by atoms with Gasteiger partial charge in [0.25, 0.3) is 0 Å². The molecule has 27 heavy (non-hydrogen) atoms. The van der Waals surface area contributed by atoms with Gasteiger partial charge in [-0.3, -0.25) is 9.59 Å². The van der Waals surface area contributed by atoms with Crippen molar-refractivity contribution in [3.63, 3.8) is 0 Å². The van der Waals surface area contributed by atoms with E-state index in [1.807, 2.05) is 53.4 Å². The van der Waals surface area contributed by atoms with Gasteiger partial charge in [0.1, 0.15) is 11.5 Å². The lowest BCUT2D eigenvalue weighted by Crippen LogP contribution is -2.35. The van der Waals surface area contributed by atoms with Crippen LogP contribution in [0.25, 0.3) is 0 Å². The van der Waals surface area contributed by atoms with Gasteiger partial charge in [0.2, 0.25) is 5.91 Å². The van der Waals surface area contributed by atoms with Gasteiger partial charge in [-0.1, -0.05) is 36.4 Å². The van der Waals surface area contributed by atoms with Gasteiger partial charge in [0.15, 0.2) is 0 Å². The number of carbonyl (C=O) groups is 2. The van der Waals surface area contributed by atoms with Crippen LogP contribution in [0, 0.1) is 0 Å². The summed E-state index contributed by atoms with van der Waals surface area (Å²) < 4.78 is 10.7. The van der Waals surface area contributed by atoms with E-state index in [0.29, 0.717) is 18.8 Å². The Morgan fingerprint density at radius 1 is 1.11 bits per heavy atom. The normalized spacial score (nSPS) is 18.4. The molecular weight excluding hydrogens is 362 g/mol. The highest BCUT2D eigenvalue weighted by molar-refractivity contribution is 8.00. The van der Waals surface area contributed by atoms with E-state index < -0.39 is 0 Å². The number of amides is 1. The SMILES string of the molecule is COC(=O)CS[C@H]1CCN(C(=O)C2c3ccccc3Oc3ccccc32)C1. The zero-order valence-electron chi connectivity index (χ0n) is 15.1. The molecule has 0 spiro atoms. The molecule has 1 amide bonds. The van der Waals surface area contributed by atoms with Crippen LogP contribution in [0.2, 0.25) is 0 Å². The zero-order chi connectivity index (χ0) is 18.8. The Balaban J connectivity index is 1.55. The van der Waals surface area contributed by atoms with Gasteiger partial charge in [-0.05, 0) is 18.6 Å². The third-order valence-corrected chi connectivity index (χ3v) is 6.31. The summed E-state index contributed by atoms with van der Waals surface area (Å²) >= 11 is 1.56. The van der Waals surface area contributed by atoms with Crippen LogP contribution in [-0.2, 0) is 14.3 Å². The molecule has 5 nitrogen and oxygen atoms in total. The molecule has 2 aromatic carbocycles. The fourth-order valence-electron chi connectivity index (χ4n) is 3.67. The van der Waals surface area contributed by atoms with Crippen LogP contribution in [0.5, 0.6) is 11.5 Å². The molecule has 0 bridgehead atoms. The molecule has 1 saturated heterocycles. The van der Waals surface area contributed by atoms with Crippen molar-refractivity contribution in [2.24, 2.45) is 0 Å². The average molecular weight is 383 g/mol. The summed E-state index contributed by atoms with van der Waals surface area (Å²) in [7, 11) is 1.40. The Hall–Kier alpha value is -2.47. The summed E-state index contributed by atoms with van der Waals surface area (Å²) in [6, 6.07) is 15.5. The lowest BCUT2D eigenvalue weighted by atomic mass is 9.87. The van der Waals surface area contributed by atoms with E-state index in [1.165, 1.54) is 7.11 Å². The van der Waals surface area contributed by atoms with Crippen molar-refractivity contribution in [1.29, 1.82) is 0 Å². The molecule has 2 heterocycles. The number of rotatable bonds is 4. The van der Waals surface area contributed by atoms with Crippen molar-refractivity contribution in [1.82, 2.24) is 4.90 Å². The first kappa shape index (κ1) is 17.9. The Kier molecular flexibility index (Phi) is 5.07. The number of benzene rings is 2. The maximum absolute atomic E-state index is 13.4. The van der Waals surface area contributed by atoms with E-state index in [4.69, 9.17) is 9.47 Å². The quantitative estimate of drug-likeness (QED) is 0.757. The summed E-state index contributed by atoms with van der Waals surface area (Å²) in [5, 5.41) is 0.262. The molecule has 2 aliphatic rings. The minimum Gasteiger partial charge on any atom is -0.468 e. The maximum Gasteiger partial charge on any atom is 0.315 e. The number of para-hydroxylation sites is 2. The summed E-state index contributed by atoms with van der Waals surface area (Å²) in [6.07, 6.45) is 0.889. The molecule has 0 saturated carbocycles. The van der Waals surface area contributed by atoms with Crippen molar-refractivity contribution in [3.05, 3.63) is 59.7 Å². The molecule has 2 aliphatic heterocycles. The highest BCUT2D eigenvalue weighted by Gasteiger charge is 2.37. The van der Waals surface area contributed by atoms with Crippen molar-refractivity contribution >= 4 is 23.6 Å². The van der Waals surface area contributed by atoms with Crippen molar-refractivity contribution < 1.29 is 19.1 Å². The first-order valence-electron chi connectivity index (χ1n) is 9.00. The highest BCUT2D eigenvalue weighted by Crippen LogP contribution is 2.45. The number of fused-ring (bicyclic) bond motifs is 2. The molecule has 0 N–H and O–H groups in total. The number of thioether (sulfide) groups is 1. The molecule has 140 valence electrons. The highest BCUT2D eigenvalue weighted by atomic mass is 32.2. The summed E-state index contributed by atoms with van der Waals surface area (Å²) in [5.74, 6) is 1.33. The van der Waals surface area contributed by atoms with E-state index in [9.17, 15) is 9.59 Å². The Morgan fingerprint density at radius 2 is 1.74 bits per heavy atom. The third kappa shape index (κ3) is 3.54. The third-order valence-electron chi connectivity index (χ3n) is 5.05. The van der Waals surface area contributed by atoms with E-state index in [0.717, 1.165) is 29.0 Å². The number of ether oxygens (including phenoxy) is 2. The van der Waals surface area contributed by atoms with E-state index >= 15 is 0 Å².